The van der Waals surface area contributed by atoms with Crippen LogP contribution >= 0.6 is 0 Å². The van der Waals surface area contributed by atoms with Gasteiger partial charge in [0.2, 0.25) is 11.8 Å². The molecule has 3 aliphatic heterocycles. The number of carbonyl (C=O) groups excluding carboxylic acids is 3. The molecule has 2 amide bonds. The van der Waals surface area contributed by atoms with Gasteiger partial charge in [0.25, 0.3) is 0 Å². The molecule has 8 nitrogen and oxygen atoms in total. The number of nitrogens with zero attached hydrogens (tertiary/aromatic N) is 2. The smallest absolute Gasteiger partial charge is 0.312 e. The summed E-state index contributed by atoms with van der Waals surface area (Å²) in [6, 6.07) is -0.785. The van der Waals surface area contributed by atoms with Crippen molar-refractivity contribution < 1.29 is 29.0 Å². The minimum absolute atomic E-state index is 0.00710. The average Bonchev–Trinajstić information content (AvgIpc) is 3.36. The predicted molar refractivity (Wildman–Crippen MR) is 128 cm³/mol. The molecule has 0 aliphatic carbocycles. The molecule has 3 fully saturated rings. The molecule has 2 bridgehead atoms. The van der Waals surface area contributed by atoms with E-state index in [4.69, 9.17) is 14.6 Å². The largest absolute Gasteiger partial charge is 0.466 e. The number of unbranched alkanes of at least 4 members (excludes halogenated alkanes) is 2. The van der Waals surface area contributed by atoms with Crippen molar-refractivity contribution in [2.24, 2.45) is 11.8 Å². The molecular weight excluding hydrogens is 436 g/mol. The number of rotatable bonds is 13. The van der Waals surface area contributed by atoms with Crippen LogP contribution in [-0.2, 0) is 23.9 Å². The maximum Gasteiger partial charge on any atom is 0.312 e. The van der Waals surface area contributed by atoms with Crippen LogP contribution in [0, 0.1) is 11.8 Å². The Bertz CT molecular complexity index is 787. The van der Waals surface area contributed by atoms with E-state index in [2.05, 4.69) is 13.5 Å². The molecule has 0 aromatic rings. The highest BCUT2D eigenvalue weighted by atomic mass is 16.6. The first-order valence-corrected chi connectivity index (χ1v) is 12.9. The molecule has 8 heteroatoms. The van der Waals surface area contributed by atoms with Gasteiger partial charge in [0.1, 0.15) is 17.6 Å². The normalized spacial score (nSPS) is 32.6. The van der Waals surface area contributed by atoms with E-state index in [1.54, 1.807) is 17.9 Å². The number of hydrogen-bond donors (Lipinski definition) is 1. The van der Waals surface area contributed by atoms with E-state index in [0.29, 0.717) is 38.8 Å². The molecule has 3 saturated heterocycles. The summed E-state index contributed by atoms with van der Waals surface area (Å²) in [6.07, 6.45) is 6.73. The minimum Gasteiger partial charge on any atom is -0.466 e. The van der Waals surface area contributed by atoms with Crippen LogP contribution in [0.3, 0.4) is 0 Å². The van der Waals surface area contributed by atoms with E-state index in [9.17, 15) is 14.4 Å². The van der Waals surface area contributed by atoms with Crippen LogP contribution in [0.1, 0.15) is 72.6 Å². The number of esters is 1. The lowest BCUT2D eigenvalue weighted by atomic mass is 9.66. The van der Waals surface area contributed by atoms with Gasteiger partial charge in [0, 0.05) is 25.7 Å². The third-order valence-electron chi connectivity index (χ3n) is 7.96. The van der Waals surface area contributed by atoms with Gasteiger partial charge in [-0.2, -0.15) is 0 Å². The Balaban J connectivity index is 2.02. The topological polar surface area (TPSA) is 96.4 Å². The first-order chi connectivity index (χ1) is 16.2. The van der Waals surface area contributed by atoms with Gasteiger partial charge in [-0.1, -0.05) is 19.4 Å². The lowest BCUT2D eigenvalue weighted by Crippen LogP contribution is -2.58. The number of hydrogen-bond acceptors (Lipinski definition) is 6. The van der Waals surface area contributed by atoms with Crippen molar-refractivity contribution in [2.75, 3.05) is 26.3 Å². The second kappa shape index (κ2) is 10.8. The summed E-state index contributed by atoms with van der Waals surface area (Å²) >= 11 is 0. The standard InChI is InChI=1S/C26H42N2O6/c1-6-12-18(4)27(15-7-2)23(31)21-26-14-13-25(5,34-26)20(24(32)33-8-3)19(26)22(30)28(21)16-10-9-11-17-29/h7,18-21,29H,2,6,8-17H2,1,3-5H3/t18?,19-,20-,21?,25+,26?/m0/s1. The summed E-state index contributed by atoms with van der Waals surface area (Å²) < 4.78 is 12.0. The zero-order valence-electron chi connectivity index (χ0n) is 21.3. The van der Waals surface area contributed by atoms with Crippen molar-refractivity contribution in [1.82, 2.24) is 9.80 Å². The van der Waals surface area contributed by atoms with Crippen LogP contribution in [0.2, 0.25) is 0 Å². The maximum absolute atomic E-state index is 14.2. The fourth-order valence-corrected chi connectivity index (χ4v) is 6.46. The molecule has 1 spiro atoms. The van der Waals surface area contributed by atoms with Crippen LogP contribution in [0.5, 0.6) is 0 Å². The first kappa shape index (κ1) is 26.7. The summed E-state index contributed by atoms with van der Waals surface area (Å²) in [5.41, 5.74) is -1.84. The Morgan fingerprint density at radius 3 is 2.68 bits per heavy atom. The molecule has 1 N–H and O–H groups in total. The first-order valence-electron chi connectivity index (χ1n) is 12.9. The Kier molecular flexibility index (Phi) is 8.45. The van der Waals surface area contributed by atoms with E-state index >= 15 is 0 Å². The number of aliphatic hydroxyl groups is 1. The molecule has 192 valence electrons. The third kappa shape index (κ3) is 4.39. The van der Waals surface area contributed by atoms with Gasteiger partial charge < -0.3 is 24.4 Å². The van der Waals surface area contributed by atoms with Crippen molar-refractivity contribution in [2.45, 2.75) is 95.9 Å². The average molecular weight is 479 g/mol. The Labute approximate surface area is 203 Å². The van der Waals surface area contributed by atoms with Crippen LogP contribution in [0.25, 0.3) is 0 Å². The summed E-state index contributed by atoms with van der Waals surface area (Å²) in [7, 11) is 0. The highest BCUT2D eigenvalue weighted by Crippen LogP contribution is 2.63. The van der Waals surface area contributed by atoms with E-state index in [0.717, 1.165) is 19.3 Å². The molecule has 3 aliphatic rings. The van der Waals surface area contributed by atoms with Gasteiger partial charge in [0.15, 0.2) is 0 Å². The molecule has 34 heavy (non-hydrogen) atoms. The molecular formula is C26H42N2O6. The number of carbonyl (C=O) groups is 3. The Morgan fingerprint density at radius 2 is 2.06 bits per heavy atom. The SMILES string of the molecule is C=CCN(C(=O)C1N(CCCCCO)C(=O)[C@@H]2[C@@H](C(=O)OCC)[C@@]3(C)CCC12O3)C(C)CCC. The van der Waals surface area contributed by atoms with Crippen LogP contribution in [0.4, 0.5) is 0 Å². The van der Waals surface area contributed by atoms with Crippen molar-refractivity contribution in [3.63, 3.8) is 0 Å². The summed E-state index contributed by atoms with van der Waals surface area (Å²) in [5, 5.41) is 9.16. The molecule has 6 atom stereocenters. The summed E-state index contributed by atoms with van der Waals surface area (Å²) in [6.45, 7) is 12.7. The van der Waals surface area contributed by atoms with E-state index < -0.39 is 35.0 Å². The molecule has 3 rings (SSSR count). The zero-order valence-corrected chi connectivity index (χ0v) is 21.3. The van der Waals surface area contributed by atoms with Gasteiger partial charge in [-0.05, 0) is 59.3 Å². The summed E-state index contributed by atoms with van der Waals surface area (Å²) in [5.74, 6) is -2.17. The maximum atomic E-state index is 14.2. The number of amides is 2. The lowest BCUT2D eigenvalue weighted by molar-refractivity contribution is -0.160. The monoisotopic (exact) mass is 478 g/mol. The molecule has 0 aromatic heterocycles. The van der Waals surface area contributed by atoms with Crippen molar-refractivity contribution in [3.05, 3.63) is 12.7 Å². The van der Waals surface area contributed by atoms with Crippen molar-refractivity contribution in [3.8, 4) is 0 Å². The lowest BCUT2D eigenvalue weighted by Gasteiger charge is -2.39. The van der Waals surface area contributed by atoms with Gasteiger partial charge >= 0.3 is 5.97 Å². The van der Waals surface area contributed by atoms with Crippen LogP contribution in [-0.4, -0.2) is 82.3 Å². The number of likely N-dealkylation sites (tertiary alicyclic amines) is 1. The van der Waals surface area contributed by atoms with Crippen molar-refractivity contribution >= 4 is 17.8 Å². The predicted octanol–water partition coefficient (Wildman–Crippen LogP) is 2.68. The molecule has 0 radical (unpaired) electrons. The molecule has 3 unspecified atom stereocenters. The van der Waals surface area contributed by atoms with E-state index in [1.807, 2.05) is 18.7 Å². The van der Waals surface area contributed by atoms with E-state index in [1.165, 1.54) is 0 Å². The van der Waals surface area contributed by atoms with Gasteiger partial charge in [-0.15, -0.1) is 6.58 Å². The van der Waals surface area contributed by atoms with Gasteiger partial charge in [-0.25, -0.2) is 0 Å². The number of fused-ring (bicyclic) bond motifs is 1. The van der Waals surface area contributed by atoms with E-state index in [-0.39, 0.29) is 31.1 Å². The highest BCUT2D eigenvalue weighted by Gasteiger charge is 2.78. The summed E-state index contributed by atoms with van der Waals surface area (Å²) in [4.78, 5) is 44.6. The van der Waals surface area contributed by atoms with Gasteiger partial charge in [-0.3, -0.25) is 14.4 Å². The molecule has 3 heterocycles. The molecule has 0 saturated carbocycles. The third-order valence-corrected chi connectivity index (χ3v) is 7.96. The molecule has 0 aromatic carbocycles. The van der Waals surface area contributed by atoms with Crippen LogP contribution < -0.4 is 0 Å². The second-order valence-electron chi connectivity index (χ2n) is 10.2. The van der Waals surface area contributed by atoms with Crippen molar-refractivity contribution in [1.29, 1.82) is 0 Å². The Hall–Kier alpha value is -1.93. The highest BCUT2D eigenvalue weighted by molar-refractivity contribution is 5.98. The fraction of sp³-hybridized carbons (Fsp3) is 0.808. The van der Waals surface area contributed by atoms with Crippen LogP contribution in [0.15, 0.2) is 12.7 Å². The quantitative estimate of drug-likeness (QED) is 0.248. The fourth-order valence-electron chi connectivity index (χ4n) is 6.46. The van der Waals surface area contributed by atoms with Gasteiger partial charge in [0.05, 0.1) is 18.1 Å². The zero-order chi connectivity index (χ0) is 25.1. The Morgan fingerprint density at radius 1 is 1.32 bits per heavy atom. The minimum atomic E-state index is -1.03. The second-order valence-corrected chi connectivity index (χ2v) is 10.2. The number of aliphatic hydroxyl groups excluding tert-OH is 1. The number of ether oxygens (including phenoxy) is 2.